The van der Waals surface area contributed by atoms with Crippen molar-refractivity contribution in [2.75, 3.05) is 0 Å². The van der Waals surface area contributed by atoms with E-state index in [1.54, 1.807) is 6.92 Å². The Bertz CT molecular complexity index is 443. The van der Waals surface area contributed by atoms with E-state index in [9.17, 15) is 15.3 Å². The van der Waals surface area contributed by atoms with Gasteiger partial charge in [0, 0.05) is 12.3 Å². The van der Waals surface area contributed by atoms with Crippen molar-refractivity contribution in [3.63, 3.8) is 0 Å². The summed E-state index contributed by atoms with van der Waals surface area (Å²) < 4.78 is 16.8. The largest absolute Gasteiger partial charge is 0.390 e. The average molecular weight is 344 g/mol. The number of rotatable bonds is 7. The first kappa shape index (κ1) is 19.8. The molecule has 6 heteroatoms. The maximum Gasteiger partial charge on any atom is 0.184 e. The van der Waals surface area contributed by atoms with Crippen LogP contribution in [0.5, 0.6) is 0 Å². The predicted octanol–water partition coefficient (Wildman–Crippen LogP) is 1.72. The third-order valence-corrected chi connectivity index (χ3v) is 4.39. The van der Waals surface area contributed by atoms with Gasteiger partial charge in [0.2, 0.25) is 0 Å². The molecular formula is C18H32O6. The molecule has 7 atom stereocenters. The minimum atomic E-state index is -0.812. The highest BCUT2D eigenvalue weighted by molar-refractivity contribution is 5.30. The molecule has 0 amide bonds. The summed E-state index contributed by atoms with van der Waals surface area (Å²) in [6, 6.07) is 0. The molecule has 6 nitrogen and oxygen atoms in total. The van der Waals surface area contributed by atoms with Crippen molar-refractivity contribution in [3.8, 4) is 0 Å². The van der Waals surface area contributed by atoms with Crippen LogP contribution in [0, 0.1) is 5.92 Å². The summed E-state index contributed by atoms with van der Waals surface area (Å²) in [5.74, 6) is 0.00288. The third-order valence-electron chi connectivity index (χ3n) is 4.39. The van der Waals surface area contributed by atoms with Gasteiger partial charge in [0.25, 0.3) is 0 Å². The van der Waals surface area contributed by atoms with E-state index >= 15 is 0 Å². The summed E-state index contributed by atoms with van der Waals surface area (Å²) in [6.45, 7) is 9.46. The van der Waals surface area contributed by atoms with Gasteiger partial charge < -0.3 is 29.5 Å². The lowest BCUT2D eigenvalue weighted by Crippen LogP contribution is -2.48. The Labute approximate surface area is 144 Å². The highest BCUT2D eigenvalue weighted by Gasteiger charge is 2.37. The SMILES string of the molecule is C[C@H](CCC1=CC1C(O)OC(C)(C)C)O[C@@H]1O[C@@H](C)[C@H](O)C[C@H]1O. The van der Waals surface area contributed by atoms with Gasteiger partial charge in [0.1, 0.15) is 6.10 Å². The van der Waals surface area contributed by atoms with Gasteiger partial charge in [-0.1, -0.05) is 11.6 Å². The van der Waals surface area contributed by atoms with Gasteiger partial charge >= 0.3 is 0 Å². The first-order valence-electron chi connectivity index (χ1n) is 8.80. The Balaban J connectivity index is 1.67. The van der Waals surface area contributed by atoms with Crippen LogP contribution < -0.4 is 0 Å². The second-order valence-corrected chi connectivity index (χ2v) is 7.95. The summed E-state index contributed by atoms with van der Waals surface area (Å²) in [5.41, 5.74) is 0.809. The molecule has 0 aromatic heterocycles. The Morgan fingerprint density at radius 2 is 1.96 bits per heavy atom. The van der Waals surface area contributed by atoms with Crippen LogP contribution in [0.2, 0.25) is 0 Å². The van der Waals surface area contributed by atoms with E-state index in [2.05, 4.69) is 0 Å². The third kappa shape index (κ3) is 5.79. The molecule has 0 spiro atoms. The van der Waals surface area contributed by atoms with Crippen molar-refractivity contribution in [2.45, 2.75) is 96.5 Å². The van der Waals surface area contributed by atoms with Crippen LogP contribution in [0.1, 0.15) is 53.9 Å². The summed E-state index contributed by atoms with van der Waals surface area (Å²) in [7, 11) is 0. The van der Waals surface area contributed by atoms with Crippen molar-refractivity contribution in [3.05, 3.63) is 11.6 Å². The van der Waals surface area contributed by atoms with E-state index in [1.165, 1.54) is 5.57 Å². The minimum Gasteiger partial charge on any atom is -0.390 e. The van der Waals surface area contributed by atoms with Crippen LogP contribution in [0.15, 0.2) is 11.6 Å². The quantitative estimate of drug-likeness (QED) is 0.481. The lowest BCUT2D eigenvalue weighted by Gasteiger charge is -2.36. The summed E-state index contributed by atoms with van der Waals surface area (Å²) in [4.78, 5) is 0. The molecular weight excluding hydrogens is 312 g/mol. The smallest absolute Gasteiger partial charge is 0.184 e. The molecule has 1 aliphatic carbocycles. The second kappa shape index (κ2) is 7.81. The zero-order chi connectivity index (χ0) is 18.1. The fraction of sp³-hybridized carbons (Fsp3) is 0.889. The van der Waals surface area contributed by atoms with Crippen LogP contribution in [0.4, 0.5) is 0 Å². The first-order valence-corrected chi connectivity index (χ1v) is 8.80. The molecule has 1 saturated heterocycles. The van der Waals surface area contributed by atoms with Crippen molar-refractivity contribution < 1.29 is 29.5 Å². The van der Waals surface area contributed by atoms with Crippen LogP contribution >= 0.6 is 0 Å². The Kier molecular flexibility index (Phi) is 6.45. The minimum absolute atomic E-state index is 0.00288. The Morgan fingerprint density at radius 3 is 2.58 bits per heavy atom. The number of aliphatic hydroxyl groups is 3. The Morgan fingerprint density at radius 1 is 1.29 bits per heavy atom. The summed E-state index contributed by atoms with van der Waals surface area (Å²) in [6.07, 6.45) is 0.492. The zero-order valence-corrected chi connectivity index (χ0v) is 15.3. The molecule has 1 fully saturated rings. The average Bonchev–Trinajstić information content (AvgIpc) is 3.20. The molecule has 2 aliphatic rings. The van der Waals surface area contributed by atoms with Gasteiger partial charge in [-0.3, -0.25) is 0 Å². The normalized spacial score (nSPS) is 36.2. The fourth-order valence-electron chi connectivity index (χ4n) is 2.87. The molecule has 2 rings (SSSR count). The molecule has 1 heterocycles. The molecule has 0 bridgehead atoms. The van der Waals surface area contributed by atoms with Gasteiger partial charge in [0.15, 0.2) is 12.6 Å². The van der Waals surface area contributed by atoms with Crippen molar-refractivity contribution in [1.29, 1.82) is 0 Å². The fourth-order valence-corrected chi connectivity index (χ4v) is 2.87. The molecule has 0 aromatic carbocycles. The molecule has 2 unspecified atom stereocenters. The zero-order valence-electron chi connectivity index (χ0n) is 15.3. The molecule has 1 aliphatic heterocycles. The van der Waals surface area contributed by atoms with E-state index in [4.69, 9.17) is 14.2 Å². The van der Waals surface area contributed by atoms with Gasteiger partial charge in [-0.15, -0.1) is 0 Å². The molecule has 0 radical (unpaired) electrons. The van der Waals surface area contributed by atoms with Crippen LogP contribution in [-0.2, 0) is 14.2 Å². The number of hydrogen-bond acceptors (Lipinski definition) is 6. The van der Waals surface area contributed by atoms with E-state index < -0.39 is 24.8 Å². The molecule has 24 heavy (non-hydrogen) atoms. The highest BCUT2D eigenvalue weighted by Crippen LogP contribution is 2.38. The van der Waals surface area contributed by atoms with Crippen molar-refractivity contribution >= 4 is 0 Å². The number of aliphatic hydroxyl groups excluding tert-OH is 3. The standard InChI is InChI=1S/C18H32O6/c1-10(22-17-15(20)9-14(19)11(2)23-17)6-7-12-8-13(12)16(21)24-18(3,4)5/h8,10-11,13-17,19-21H,6-7,9H2,1-5H3/t10-,11+,13?,14-,15-,16?,17-/m1/s1. The monoisotopic (exact) mass is 344 g/mol. The molecule has 0 saturated carbocycles. The molecule has 140 valence electrons. The lowest BCUT2D eigenvalue weighted by molar-refractivity contribution is -0.273. The van der Waals surface area contributed by atoms with Crippen LogP contribution in [0.3, 0.4) is 0 Å². The van der Waals surface area contributed by atoms with Gasteiger partial charge in [-0.05, 0) is 47.5 Å². The number of ether oxygens (including phenoxy) is 3. The Hall–Kier alpha value is -0.500. The lowest BCUT2D eigenvalue weighted by atomic mass is 10.0. The van der Waals surface area contributed by atoms with E-state index in [0.717, 1.165) is 12.8 Å². The summed E-state index contributed by atoms with van der Waals surface area (Å²) >= 11 is 0. The van der Waals surface area contributed by atoms with Gasteiger partial charge in [0.05, 0.1) is 23.9 Å². The second-order valence-electron chi connectivity index (χ2n) is 7.95. The van der Waals surface area contributed by atoms with E-state index in [-0.39, 0.29) is 30.1 Å². The number of hydrogen-bond donors (Lipinski definition) is 3. The maximum absolute atomic E-state index is 10.0. The maximum atomic E-state index is 10.0. The van der Waals surface area contributed by atoms with E-state index in [1.807, 2.05) is 33.8 Å². The molecule has 3 N–H and O–H groups in total. The summed E-state index contributed by atoms with van der Waals surface area (Å²) in [5, 5.41) is 29.6. The van der Waals surface area contributed by atoms with Crippen molar-refractivity contribution in [1.82, 2.24) is 0 Å². The highest BCUT2D eigenvalue weighted by atomic mass is 16.7. The van der Waals surface area contributed by atoms with Gasteiger partial charge in [-0.2, -0.15) is 0 Å². The first-order chi connectivity index (χ1) is 11.1. The van der Waals surface area contributed by atoms with Gasteiger partial charge in [-0.25, -0.2) is 0 Å². The van der Waals surface area contributed by atoms with Crippen LogP contribution in [0.25, 0.3) is 0 Å². The molecule has 0 aromatic rings. The predicted molar refractivity (Wildman–Crippen MR) is 89.2 cm³/mol. The topological polar surface area (TPSA) is 88.4 Å². The van der Waals surface area contributed by atoms with Crippen LogP contribution in [-0.4, -0.2) is 57.9 Å². The van der Waals surface area contributed by atoms with Crippen molar-refractivity contribution in [2.24, 2.45) is 5.92 Å². The van der Waals surface area contributed by atoms with E-state index in [0.29, 0.717) is 0 Å².